The van der Waals surface area contributed by atoms with E-state index in [1.807, 2.05) is 75.4 Å². The fraction of sp³-hybridized carbons (Fsp3) is 0.310. The summed E-state index contributed by atoms with van der Waals surface area (Å²) in [6.45, 7) is 5.88. The summed E-state index contributed by atoms with van der Waals surface area (Å²) in [5.74, 6) is -0.818. The average Bonchev–Trinajstić information content (AvgIpc) is 3.20. The molecule has 0 aromatic heterocycles. The summed E-state index contributed by atoms with van der Waals surface area (Å²) in [6.07, 6.45) is -1.35. The molecule has 1 N–H and O–H groups in total. The van der Waals surface area contributed by atoms with Crippen molar-refractivity contribution in [2.24, 2.45) is 0 Å². The van der Waals surface area contributed by atoms with Crippen LogP contribution in [0.2, 0.25) is 0 Å². The van der Waals surface area contributed by atoms with Crippen molar-refractivity contribution in [2.45, 2.75) is 45.3 Å². The maximum absolute atomic E-state index is 14.1. The van der Waals surface area contributed by atoms with E-state index in [1.165, 1.54) is 4.90 Å². The Balaban J connectivity index is 1.76. The summed E-state index contributed by atoms with van der Waals surface area (Å²) in [5.41, 5.74) is 5.02. The number of imide groups is 1. The summed E-state index contributed by atoms with van der Waals surface area (Å²) in [5, 5.41) is 11.6. The third kappa shape index (κ3) is 5.08. The van der Waals surface area contributed by atoms with E-state index >= 15 is 0 Å². The molecule has 3 aromatic rings. The van der Waals surface area contributed by atoms with E-state index in [0.717, 1.165) is 22.3 Å². The molecule has 0 bridgehead atoms. The molecule has 1 fully saturated rings. The molecule has 1 heterocycles. The van der Waals surface area contributed by atoms with Crippen molar-refractivity contribution >= 4 is 12.0 Å². The lowest BCUT2D eigenvalue weighted by atomic mass is 9.83. The Hall–Kier alpha value is -3.64. The Kier molecular flexibility index (Phi) is 7.22. The lowest BCUT2D eigenvalue weighted by Gasteiger charge is -2.30. The molecular formula is C29H31NO5. The van der Waals surface area contributed by atoms with Gasteiger partial charge in [0.25, 0.3) is 0 Å². The normalized spacial score (nSPS) is 17.1. The van der Waals surface area contributed by atoms with Gasteiger partial charge < -0.3 is 14.6 Å². The number of carbonyl (C=O) groups excluding carboxylic acids is 2. The van der Waals surface area contributed by atoms with Gasteiger partial charge in [0.2, 0.25) is 5.91 Å². The first kappa shape index (κ1) is 24.5. The molecular weight excluding hydrogens is 442 g/mol. The van der Waals surface area contributed by atoms with Crippen LogP contribution in [0.5, 0.6) is 5.75 Å². The molecule has 2 amide bonds. The summed E-state index contributed by atoms with van der Waals surface area (Å²) in [7, 11) is 1.58. The number of cyclic esters (lactones) is 1. The van der Waals surface area contributed by atoms with Crippen molar-refractivity contribution in [1.29, 1.82) is 0 Å². The number of aryl methyl sites for hydroxylation is 3. The van der Waals surface area contributed by atoms with Crippen molar-refractivity contribution < 1.29 is 24.2 Å². The highest BCUT2D eigenvalue weighted by Crippen LogP contribution is 2.38. The molecule has 0 aliphatic carbocycles. The Bertz CT molecular complexity index is 1220. The summed E-state index contributed by atoms with van der Waals surface area (Å²) >= 11 is 0. The van der Waals surface area contributed by atoms with Gasteiger partial charge in [-0.1, -0.05) is 60.2 Å². The number of rotatable bonds is 7. The van der Waals surface area contributed by atoms with Gasteiger partial charge in [0.05, 0.1) is 25.2 Å². The molecule has 6 nitrogen and oxygen atoms in total. The molecule has 0 saturated carbocycles. The number of benzene rings is 3. The van der Waals surface area contributed by atoms with E-state index in [2.05, 4.69) is 0 Å². The summed E-state index contributed by atoms with van der Waals surface area (Å²) in [6, 6.07) is 20.3. The van der Waals surface area contributed by atoms with Gasteiger partial charge in [0, 0.05) is 0 Å². The van der Waals surface area contributed by atoms with Crippen molar-refractivity contribution in [3.8, 4) is 5.75 Å². The van der Waals surface area contributed by atoms with E-state index in [0.29, 0.717) is 23.3 Å². The van der Waals surface area contributed by atoms with E-state index in [-0.39, 0.29) is 6.61 Å². The zero-order valence-corrected chi connectivity index (χ0v) is 20.5. The molecule has 0 spiro atoms. The Morgan fingerprint density at radius 2 is 1.71 bits per heavy atom. The van der Waals surface area contributed by atoms with Crippen LogP contribution >= 0.6 is 0 Å². The first-order valence-electron chi connectivity index (χ1n) is 11.7. The van der Waals surface area contributed by atoms with Gasteiger partial charge in [-0.25, -0.2) is 9.69 Å². The number of aliphatic hydroxyl groups is 1. The molecule has 3 aromatic carbocycles. The van der Waals surface area contributed by atoms with Crippen LogP contribution < -0.4 is 4.74 Å². The number of carbonyl (C=O) groups is 2. The van der Waals surface area contributed by atoms with Crippen LogP contribution in [0.25, 0.3) is 0 Å². The zero-order valence-electron chi connectivity index (χ0n) is 20.5. The van der Waals surface area contributed by atoms with E-state index in [9.17, 15) is 14.7 Å². The minimum atomic E-state index is -1.15. The van der Waals surface area contributed by atoms with Crippen LogP contribution in [0.15, 0.2) is 66.7 Å². The van der Waals surface area contributed by atoms with Gasteiger partial charge in [-0.3, -0.25) is 4.79 Å². The monoisotopic (exact) mass is 473 g/mol. The van der Waals surface area contributed by atoms with Crippen LogP contribution in [0, 0.1) is 20.8 Å². The van der Waals surface area contributed by atoms with Crippen LogP contribution in [-0.4, -0.2) is 41.8 Å². The molecule has 0 unspecified atom stereocenters. The standard InChI is InChI=1S/C29H31NO5/c1-18-10-12-25(19(2)14-18)27(31)26(24-13-11-23(34-4)15-20(24)3)28(32)30-22(17-35-29(30)33)16-21-8-6-5-7-9-21/h5-15,22,26-27,31H,16-17H2,1-4H3/t22-,26-,27+/m1/s1. The lowest BCUT2D eigenvalue weighted by molar-refractivity contribution is -0.133. The second kappa shape index (κ2) is 10.3. The highest BCUT2D eigenvalue weighted by molar-refractivity contribution is 5.98. The summed E-state index contributed by atoms with van der Waals surface area (Å²) < 4.78 is 10.6. The van der Waals surface area contributed by atoms with Crippen LogP contribution in [-0.2, 0) is 16.0 Å². The SMILES string of the molecule is COc1ccc([C@@H](C(=O)N2C(=O)OC[C@H]2Cc2ccccc2)[C@@H](O)c2ccc(C)cc2C)c(C)c1. The van der Waals surface area contributed by atoms with Crippen molar-refractivity contribution in [2.75, 3.05) is 13.7 Å². The molecule has 4 rings (SSSR count). The lowest BCUT2D eigenvalue weighted by Crippen LogP contribution is -2.44. The smallest absolute Gasteiger partial charge is 0.417 e. The Morgan fingerprint density at radius 3 is 2.37 bits per heavy atom. The maximum atomic E-state index is 14.1. The Morgan fingerprint density at radius 1 is 1.03 bits per heavy atom. The third-order valence-corrected chi connectivity index (χ3v) is 6.65. The maximum Gasteiger partial charge on any atom is 0.417 e. The van der Waals surface area contributed by atoms with Crippen LogP contribution in [0.4, 0.5) is 4.79 Å². The predicted octanol–water partition coefficient (Wildman–Crippen LogP) is 5.03. The van der Waals surface area contributed by atoms with Gasteiger partial charge in [-0.15, -0.1) is 0 Å². The van der Waals surface area contributed by atoms with Crippen LogP contribution in [0.3, 0.4) is 0 Å². The van der Waals surface area contributed by atoms with Gasteiger partial charge in [0.1, 0.15) is 12.4 Å². The molecule has 6 heteroatoms. The molecule has 35 heavy (non-hydrogen) atoms. The van der Waals surface area contributed by atoms with Gasteiger partial charge in [-0.2, -0.15) is 0 Å². The number of nitrogens with zero attached hydrogens (tertiary/aromatic N) is 1. The first-order valence-corrected chi connectivity index (χ1v) is 11.7. The molecule has 182 valence electrons. The second-order valence-corrected chi connectivity index (χ2v) is 9.13. The van der Waals surface area contributed by atoms with E-state index in [4.69, 9.17) is 9.47 Å². The van der Waals surface area contributed by atoms with Crippen molar-refractivity contribution in [1.82, 2.24) is 4.90 Å². The second-order valence-electron chi connectivity index (χ2n) is 9.13. The highest BCUT2D eigenvalue weighted by Gasteiger charge is 2.44. The van der Waals surface area contributed by atoms with Crippen molar-refractivity contribution in [3.63, 3.8) is 0 Å². The number of methoxy groups -OCH3 is 1. The predicted molar refractivity (Wildman–Crippen MR) is 133 cm³/mol. The van der Waals surface area contributed by atoms with Gasteiger partial charge in [0.15, 0.2) is 0 Å². The molecule has 0 radical (unpaired) electrons. The largest absolute Gasteiger partial charge is 0.497 e. The van der Waals surface area contributed by atoms with E-state index < -0.39 is 30.1 Å². The van der Waals surface area contributed by atoms with Crippen molar-refractivity contribution in [3.05, 3.63) is 100 Å². The minimum absolute atomic E-state index is 0.118. The number of hydrogen-bond acceptors (Lipinski definition) is 5. The number of ether oxygens (including phenoxy) is 2. The highest BCUT2D eigenvalue weighted by atomic mass is 16.6. The van der Waals surface area contributed by atoms with Gasteiger partial charge in [-0.05, 0) is 67.1 Å². The molecule has 1 saturated heterocycles. The molecule has 1 aliphatic heterocycles. The zero-order chi connectivity index (χ0) is 25.1. The number of hydrogen-bond donors (Lipinski definition) is 1. The average molecular weight is 474 g/mol. The topological polar surface area (TPSA) is 76.1 Å². The van der Waals surface area contributed by atoms with Crippen LogP contribution in [0.1, 0.15) is 45.4 Å². The van der Waals surface area contributed by atoms with E-state index in [1.54, 1.807) is 19.2 Å². The Labute approximate surface area is 206 Å². The summed E-state index contributed by atoms with van der Waals surface area (Å²) in [4.78, 5) is 28.1. The fourth-order valence-electron chi connectivity index (χ4n) is 4.82. The number of amides is 2. The minimum Gasteiger partial charge on any atom is -0.497 e. The third-order valence-electron chi connectivity index (χ3n) is 6.65. The molecule has 3 atom stereocenters. The fourth-order valence-corrected chi connectivity index (χ4v) is 4.82. The first-order chi connectivity index (χ1) is 16.8. The van der Waals surface area contributed by atoms with Gasteiger partial charge >= 0.3 is 6.09 Å². The molecule has 1 aliphatic rings. The quantitative estimate of drug-likeness (QED) is 0.521. The number of aliphatic hydroxyl groups excluding tert-OH is 1.